The Morgan fingerprint density at radius 2 is 2.28 bits per heavy atom. The molecule has 7 heteroatoms. The van der Waals surface area contributed by atoms with Gasteiger partial charge in [0, 0.05) is 0 Å². The van der Waals surface area contributed by atoms with Crippen LogP contribution < -0.4 is 5.32 Å². The predicted molar refractivity (Wildman–Crippen MR) is 67.8 cm³/mol. The number of nitrogens with one attached hydrogen (secondary N) is 1. The molecule has 0 amide bonds. The maximum Gasteiger partial charge on any atom is 0.328 e. The summed E-state index contributed by atoms with van der Waals surface area (Å²) < 4.78 is 4.80. The zero-order chi connectivity index (χ0) is 13.7. The van der Waals surface area contributed by atoms with E-state index in [1.165, 1.54) is 12.1 Å². The lowest BCUT2D eigenvalue weighted by Gasteiger charge is -2.14. The fraction of sp³-hybridized carbons (Fsp3) is 0.364. The highest BCUT2D eigenvalue weighted by atomic mass is 35.5. The highest BCUT2D eigenvalue weighted by Crippen LogP contribution is 2.32. The number of nitro groups is 1. The molecule has 0 spiro atoms. The molecule has 0 aromatic heterocycles. The molecule has 0 aliphatic heterocycles. The van der Waals surface area contributed by atoms with E-state index >= 15 is 0 Å². The smallest absolute Gasteiger partial charge is 0.328 e. The van der Waals surface area contributed by atoms with Gasteiger partial charge in [-0.2, -0.15) is 0 Å². The summed E-state index contributed by atoms with van der Waals surface area (Å²) in [6.07, 6.45) is 0. The van der Waals surface area contributed by atoms with E-state index in [9.17, 15) is 14.9 Å². The number of rotatable bonds is 5. The molecule has 0 heterocycles. The third-order valence-corrected chi connectivity index (χ3v) is 2.49. The molecule has 1 rings (SSSR count). The quantitative estimate of drug-likeness (QED) is 0.506. The summed E-state index contributed by atoms with van der Waals surface area (Å²) in [6, 6.07) is 3.77. The van der Waals surface area contributed by atoms with Crippen molar-refractivity contribution < 1.29 is 14.5 Å². The van der Waals surface area contributed by atoms with Crippen molar-refractivity contribution in [2.45, 2.75) is 19.9 Å². The Labute approximate surface area is 109 Å². The maximum absolute atomic E-state index is 11.4. The van der Waals surface area contributed by atoms with Crippen molar-refractivity contribution >= 4 is 28.9 Å². The van der Waals surface area contributed by atoms with E-state index in [0.29, 0.717) is 0 Å². The maximum atomic E-state index is 11.4. The molecular weight excluding hydrogens is 260 g/mol. The van der Waals surface area contributed by atoms with Crippen molar-refractivity contribution in [3.63, 3.8) is 0 Å². The molecule has 98 valence electrons. The summed E-state index contributed by atoms with van der Waals surface area (Å²) in [5.41, 5.74) is -0.0663. The van der Waals surface area contributed by atoms with Gasteiger partial charge in [0.05, 0.1) is 11.5 Å². The molecule has 0 bridgehead atoms. The van der Waals surface area contributed by atoms with Crippen LogP contribution in [0.3, 0.4) is 0 Å². The van der Waals surface area contributed by atoms with Gasteiger partial charge in [-0.05, 0) is 26.0 Å². The first-order chi connectivity index (χ1) is 8.47. The van der Waals surface area contributed by atoms with Crippen LogP contribution in [0, 0.1) is 10.1 Å². The zero-order valence-corrected chi connectivity index (χ0v) is 10.7. The average Bonchev–Trinajstić information content (AvgIpc) is 2.28. The number of nitro benzene ring substituents is 1. The predicted octanol–water partition coefficient (Wildman–Crippen LogP) is 2.61. The van der Waals surface area contributed by atoms with Gasteiger partial charge in [0.2, 0.25) is 0 Å². The molecule has 0 saturated heterocycles. The Morgan fingerprint density at radius 3 is 2.83 bits per heavy atom. The molecular formula is C11H13ClN2O4. The molecule has 0 aliphatic carbocycles. The van der Waals surface area contributed by atoms with Crippen LogP contribution in [0.5, 0.6) is 0 Å². The fourth-order valence-electron chi connectivity index (χ4n) is 1.38. The van der Waals surface area contributed by atoms with E-state index in [4.69, 9.17) is 16.3 Å². The van der Waals surface area contributed by atoms with Gasteiger partial charge in [0.25, 0.3) is 0 Å². The minimum absolute atomic E-state index is 0.0149. The molecule has 0 aliphatic rings. The molecule has 1 unspecified atom stereocenters. The molecule has 6 nitrogen and oxygen atoms in total. The number of esters is 1. The normalized spacial score (nSPS) is 11.7. The van der Waals surface area contributed by atoms with Crippen molar-refractivity contribution in [2.75, 3.05) is 11.9 Å². The minimum atomic E-state index is -0.692. The van der Waals surface area contributed by atoms with Crippen LogP contribution in [-0.4, -0.2) is 23.5 Å². The fourth-order valence-corrected chi connectivity index (χ4v) is 1.62. The number of carbonyl (C=O) groups excluding carboxylic acids is 1. The lowest BCUT2D eigenvalue weighted by Crippen LogP contribution is -2.28. The lowest BCUT2D eigenvalue weighted by atomic mass is 10.2. The molecule has 1 N–H and O–H groups in total. The summed E-state index contributed by atoms with van der Waals surface area (Å²) in [5, 5.41) is 13.6. The summed E-state index contributed by atoms with van der Waals surface area (Å²) >= 11 is 5.75. The van der Waals surface area contributed by atoms with Gasteiger partial charge >= 0.3 is 11.7 Å². The average molecular weight is 273 g/mol. The second kappa shape index (κ2) is 6.20. The van der Waals surface area contributed by atoms with Crippen molar-refractivity contribution in [1.29, 1.82) is 0 Å². The van der Waals surface area contributed by atoms with Gasteiger partial charge in [-0.3, -0.25) is 10.1 Å². The minimum Gasteiger partial charge on any atom is -0.464 e. The zero-order valence-electron chi connectivity index (χ0n) is 9.97. The number of hydrogen-bond donors (Lipinski definition) is 1. The van der Waals surface area contributed by atoms with Crippen molar-refractivity contribution in [1.82, 2.24) is 0 Å². The monoisotopic (exact) mass is 272 g/mol. The van der Waals surface area contributed by atoms with Crippen LogP contribution in [0.15, 0.2) is 18.2 Å². The van der Waals surface area contributed by atoms with Gasteiger partial charge in [-0.15, -0.1) is 0 Å². The van der Waals surface area contributed by atoms with Gasteiger partial charge < -0.3 is 10.1 Å². The second-order valence-corrected chi connectivity index (χ2v) is 3.92. The summed E-state index contributed by atoms with van der Waals surface area (Å²) in [4.78, 5) is 21.7. The first kappa shape index (κ1) is 14.2. The van der Waals surface area contributed by atoms with Gasteiger partial charge in [-0.25, -0.2) is 4.79 Å². The molecule has 0 saturated carbocycles. The van der Waals surface area contributed by atoms with Crippen LogP contribution in [0.2, 0.25) is 5.02 Å². The highest BCUT2D eigenvalue weighted by molar-refractivity contribution is 6.33. The molecule has 0 fully saturated rings. The first-order valence-electron chi connectivity index (χ1n) is 5.33. The number of nitrogens with zero attached hydrogens (tertiary/aromatic N) is 1. The van der Waals surface area contributed by atoms with Crippen LogP contribution in [0.1, 0.15) is 13.8 Å². The Bertz CT molecular complexity index is 464. The van der Waals surface area contributed by atoms with Crippen molar-refractivity contribution in [2.24, 2.45) is 0 Å². The Balaban J connectivity index is 2.94. The number of ether oxygens (including phenoxy) is 1. The number of hydrogen-bond acceptors (Lipinski definition) is 5. The lowest BCUT2D eigenvalue weighted by molar-refractivity contribution is -0.383. The van der Waals surface area contributed by atoms with Crippen LogP contribution in [0.25, 0.3) is 0 Å². The number of benzene rings is 1. The molecule has 1 aromatic rings. The Kier molecular flexibility index (Phi) is 4.91. The first-order valence-corrected chi connectivity index (χ1v) is 5.71. The van der Waals surface area contributed by atoms with Crippen LogP contribution in [-0.2, 0) is 9.53 Å². The largest absolute Gasteiger partial charge is 0.464 e. The topological polar surface area (TPSA) is 81.5 Å². The third kappa shape index (κ3) is 3.33. The van der Waals surface area contributed by atoms with E-state index in [0.717, 1.165) is 0 Å². The number of carbonyl (C=O) groups is 1. The van der Waals surface area contributed by atoms with Gasteiger partial charge in [-0.1, -0.05) is 17.7 Å². The summed E-state index contributed by atoms with van der Waals surface area (Å²) in [7, 11) is 0. The van der Waals surface area contributed by atoms with Gasteiger partial charge in [0.15, 0.2) is 0 Å². The van der Waals surface area contributed by atoms with Crippen LogP contribution >= 0.6 is 11.6 Å². The van der Waals surface area contributed by atoms with E-state index < -0.39 is 16.9 Å². The number of anilines is 1. The SMILES string of the molecule is CCOC(=O)C(C)Nc1cccc(Cl)c1[N+](=O)[O-]. The van der Waals surface area contributed by atoms with E-state index in [1.807, 2.05) is 0 Å². The molecule has 1 aromatic carbocycles. The van der Waals surface area contributed by atoms with Crippen LogP contribution in [0.4, 0.5) is 11.4 Å². The Morgan fingerprint density at radius 1 is 1.61 bits per heavy atom. The standard InChI is InChI=1S/C11H13ClN2O4/c1-3-18-11(15)7(2)13-9-6-4-5-8(12)10(9)14(16)17/h4-7,13H,3H2,1-2H3. The Hall–Kier alpha value is -1.82. The molecule has 0 radical (unpaired) electrons. The highest BCUT2D eigenvalue weighted by Gasteiger charge is 2.22. The van der Waals surface area contributed by atoms with E-state index in [-0.39, 0.29) is 23.0 Å². The molecule has 1 atom stereocenters. The van der Waals surface area contributed by atoms with E-state index in [2.05, 4.69) is 5.32 Å². The van der Waals surface area contributed by atoms with Crippen molar-refractivity contribution in [3.05, 3.63) is 33.3 Å². The van der Waals surface area contributed by atoms with E-state index in [1.54, 1.807) is 19.9 Å². The third-order valence-electron chi connectivity index (χ3n) is 2.18. The summed E-state index contributed by atoms with van der Waals surface area (Å²) in [6.45, 7) is 3.50. The summed E-state index contributed by atoms with van der Waals surface area (Å²) in [5.74, 6) is -0.480. The molecule has 18 heavy (non-hydrogen) atoms. The number of halogens is 1. The second-order valence-electron chi connectivity index (χ2n) is 3.51. The number of para-hydroxylation sites is 1. The van der Waals surface area contributed by atoms with Gasteiger partial charge in [0.1, 0.15) is 16.8 Å². The van der Waals surface area contributed by atoms with Crippen molar-refractivity contribution in [3.8, 4) is 0 Å².